The van der Waals surface area contributed by atoms with E-state index in [4.69, 9.17) is 4.74 Å². The number of benzene rings is 2. The van der Waals surface area contributed by atoms with Gasteiger partial charge >= 0.3 is 0 Å². The minimum absolute atomic E-state index is 0.0656. The number of nitro groups is 1. The molecule has 0 aromatic heterocycles. The molecule has 0 saturated carbocycles. The average Bonchev–Trinajstić information content (AvgIpc) is 2.64. The molecule has 27 heavy (non-hydrogen) atoms. The molecule has 138 valence electrons. The summed E-state index contributed by atoms with van der Waals surface area (Å²) < 4.78 is 5.22. The number of nitro benzene ring substituents is 1. The van der Waals surface area contributed by atoms with Gasteiger partial charge in [0.25, 0.3) is 5.69 Å². The summed E-state index contributed by atoms with van der Waals surface area (Å²) in [7, 11) is 1.47. The standard InChI is InChI=1S/C21H19NO5/c1-14(2)7-9-18-20(27-3)12-10-17(21(18)24)19(23)11-8-15-5-4-6-16(13-15)22(25)26/h4-13,24H,1H2,2-3H3. The topological polar surface area (TPSA) is 89.7 Å². The molecule has 0 heterocycles. The van der Waals surface area contributed by atoms with Crippen molar-refractivity contribution in [1.29, 1.82) is 0 Å². The second-order valence-electron chi connectivity index (χ2n) is 5.81. The van der Waals surface area contributed by atoms with Crippen LogP contribution >= 0.6 is 0 Å². The van der Waals surface area contributed by atoms with E-state index in [1.54, 1.807) is 31.2 Å². The Bertz CT molecular complexity index is 957. The van der Waals surface area contributed by atoms with Gasteiger partial charge in [-0.2, -0.15) is 0 Å². The first kappa shape index (κ1) is 19.7. The van der Waals surface area contributed by atoms with Crippen LogP contribution in [0.15, 0.2) is 60.7 Å². The lowest BCUT2D eigenvalue weighted by Crippen LogP contribution is -1.98. The van der Waals surface area contributed by atoms with Crippen LogP contribution in [0, 0.1) is 10.1 Å². The van der Waals surface area contributed by atoms with E-state index in [2.05, 4.69) is 6.58 Å². The van der Waals surface area contributed by atoms with Crippen LogP contribution in [0.25, 0.3) is 12.2 Å². The maximum atomic E-state index is 12.5. The van der Waals surface area contributed by atoms with Crippen molar-refractivity contribution in [2.45, 2.75) is 6.92 Å². The molecule has 1 N–H and O–H groups in total. The molecule has 0 fully saturated rings. The third-order valence-electron chi connectivity index (χ3n) is 3.71. The Hall–Kier alpha value is -3.67. The number of ketones is 1. The van der Waals surface area contributed by atoms with Crippen molar-refractivity contribution in [3.63, 3.8) is 0 Å². The van der Waals surface area contributed by atoms with Crippen molar-refractivity contribution in [2.24, 2.45) is 0 Å². The van der Waals surface area contributed by atoms with Crippen molar-refractivity contribution in [1.82, 2.24) is 0 Å². The molecular weight excluding hydrogens is 346 g/mol. The fourth-order valence-electron chi connectivity index (χ4n) is 2.36. The zero-order valence-corrected chi connectivity index (χ0v) is 15.0. The zero-order chi connectivity index (χ0) is 20.0. The molecule has 0 unspecified atom stereocenters. The summed E-state index contributed by atoms with van der Waals surface area (Å²) in [6.07, 6.45) is 6.04. The minimum Gasteiger partial charge on any atom is -0.506 e. The molecule has 2 aromatic rings. The number of hydrogen-bond acceptors (Lipinski definition) is 5. The Labute approximate surface area is 156 Å². The fraction of sp³-hybridized carbons (Fsp3) is 0.0952. The number of carbonyl (C=O) groups is 1. The maximum Gasteiger partial charge on any atom is 0.270 e. The highest BCUT2D eigenvalue weighted by Gasteiger charge is 2.15. The summed E-state index contributed by atoms with van der Waals surface area (Å²) in [5, 5.41) is 21.3. The zero-order valence-electron chi connectivity index (χ0n) is 15.0. The number of carbonyl (C=O) groups excluding carboxylic acids is 1. The van der Waals surface area contributed by atoms with Crippen molar-refractivity contribution < 1.29 is 19.6 Å². The molecular formula is C21H19NO5. The number of aromatic hydroxyl groups is 1. The molecule has 0 amide bonds. The number of rotatable bonds is 7. The summed E-state index contributed by atoms with van der Waals surface area (Å²) in [6.45, 7) is 5.56. The van der Waals surface area contributed by atoms with Gasteiger partial charge in [-0.1, -0.05) is 36.4 Å². The predicted molar refractivity (Wildman–Crippen MR) is 105 cm³/mol. The van der Waals surface area contributed by atoms with E-state index in [0.717, 1.165) is 5.57 Å². The van der Waals surface area contributed by atoms with E-state index in [1.807, 2.05) is 0 Å². The highest BCUT2D eigenvalue weighted by molar-refractivity contribution is 6.09. The summed E-state index contributed by atoms with van der Waals surface area (Å²) in [5.74, 6) is -0.226. The molecule has 0 saturated heterocycles. The normalized spacial score (nSPS) is 11.0. The van der Waals surface area contributed by atoms with E-state index >= 15 is 0 Å². The van der Waals surface area contributed by atoms with Crippen LogP contribution in [0.5, 0.6) is 11.5 Å². The van der Waals surface area contributed by atoms with E-state index in [1.165, 1.54) is 43.5 Å². The van der Waals surface area contributed by atoms with Crippen molar-refractivity contribution in [3.8, 4) is 11.5 Å². The Kier molecular flexibility index (Phi) is 6.27. The monoisotopic (exact) mass is 365 g/mol. The first-order chi connectivity index (χ1) is 12.8. The van der Waals surface area contributed by atoms with E-state index in [-0.39, 0.29) is 17.0 Å². The Morgan fingerprint density at radius 1 is 1.22 bits per heavy atom. The van der Waals surface area contributed by atoms with Crippen molar-refractivity contribution in [3.05, 3.63) is 87.5 Å². The molecule has 0 atom stereocenters. The molecule has 0 aliphatic carbocycles. The maximum absolute atomic E-state index is 12.5. The number of allylic oxidation sites excluding steroid dienone is 3. The Balaban J connectivity index is 2.36. The Morgan fingerprint density at radius 2 is 1.96 bits per heavy atom. The van der Waals surface area contributed by atoms with Crippen molar-refractivity contribution >= 4 is 23.6 Å². The molecule has 6 heteroatoms. The van der Waals surface area contributed by atoms with Gasteiger partial charge in [0, 0.05) is 12.1 Å². The third-order valence-corrected chi connectivity index (χ3v) is 3.71. The fourth-order valence-corrected chi connectivity index (χ4v) is 2.36. The van der Waals surface area contributed by atoms with Gasteiger partial charge in [-0.3, -0.25) is 14.9 Å². The molecule has 0 bridgehead atoms. The van der Waals surface area contributed by atoms with Crippen LogP contribution in [0.3, 0.4) is 0 Å². The second kappa shape index (κ2) is 8.62. The molecule has 0 aliphatic heterocycles. The molecule has 0 spiro atoms. The second-order valence-corrected chi connectivity index (χ2v) is 5.81. The Morgan fingerprint density at radius 3 is 2.59 bits per heavy atom. The lowest BCUT2D eigenvalue weighted by Gasteiger charge is -2.10. The van der Waals surface area contributed by atoms with Gasteiger partial charge in [-0.05, 0) is 36.8 Å². The quantitative estimate of drug-likeness (QED) is 0.250. The first-order valence-corrected chi connectivity index (χ1v) is 8.04. The largest absolute Gasteiger partial charge is 0.506 e. The van der Waals surface area contributed by atoms with Crippen molar-refractivity contribution in [2.75, 3.05) is 7.11 Å². The van der Waals surface area contributed by atoms with Crippen LogP contribution in [0.2, 0.25) is 0 Å². The molecule has 2 rings (SSSR count). The van der Waals surface area contributed by atoms with Gasteiger partial charge in [0.1, 0.15) is 11.5 Å². The van der Waals surface area contributed by atoms with Crippen LogP contribution in [0.1, 0.15) is 28.4 Å². The number of hydrogen-bond donors (Lipinski definition) is 1. The molecule has 0 aliphatic rings. The summed E-state index contributed by atoms with van der Waals surface area (Å²) in [5.41, 5.74) is 1.68. The van der Waals surface area contributed by atoms with Gasteiger partial charge in [0.05, 0.1) is 23.2 Å². The van der Waals surface area contributed by atoms with E-state index in [0.29, 0.717) is 16.9 Å². The summed E-state index contributed by atoms with van der Waals surface area (Å²) >= 11 is 0. The number of ether oxygens (including phenoxy) is 1. The van der Waals surface area contributed by atoms with Crippen LogP contribution < -0.4 is 4.74 Å². The average molecular weight is 365 g/mol. The minimum atomic E-state index is -0.505. The number of non-ortho nitro benzene ring substituents is 1. The van der Waals surface area contributed by atoms with E-state index < -0.39 is 10.7 Å². The number of methoxy groups -OCH3 is 1. The van der Waals surface area contributed by atoms with Crippen LogP contribution in [-0.2, 0) is 0 Å². The number of phenols is 1. The van der Waals surface area contributed by atoms with Crippen LogP contribution in [0.4, 0.5) is 5.69 Å². The molecule has 0 radical (unpaired) electrons. The van der Waals surface area contributed by atoms with Gasteiger partial charge in [0.15, 0.2) is 5.78 Å². The van der Waals surface area contributed by atoms with E-state index in [9.17, 15) is 20.0 Å². The molecule has 2 aromatic carbocycles. The SMILES string of the molecule is C=C(C)C=Cc1c(OC)ccc(C(=O)C=Cc2cccc([N+](=O)[O-])c2)c1O. The first-order valence-electron chi connectivity index (χ1n) is 8.04. The highest BCUT2D eigenvalue weighted by atomic mass is 16.6. The third kappa shape index (κ3) is 4.92. The van der Waals surface area contributed by atoms with Gasteiger partial charge in [-0.15, -0.1) is 0 Å². The number of phenolic OH excluding ortho intramolecular Hbond substituents is 1. The van der Waals surface area contributed by atoms with Gasteiger partial charge in [-0.25, -0.2) is 0 Å². The highest BCUT2D eigenvalue weighted by Crippen LogP contribution is 2.33. The number of nitrogens with zero attached hydrogens (tertiary/aromatic N) is 1. The predicted octanol–water partition coefficient (Wildman–Crippen LogP) is 4.79. The van der Waals surface area contributed by atoms with Crippen LogP contribution in [-0.4, -0.2) is 22.9 Å². The van der Waals surface area contributed by atoms with Gasteiger partial charge < -0.3 is 9.84 Å². The lowest BCUT2D eigenvalue weighted by atomic mass is 10.0. The summed E-state index contributed by atoms with van der Waals surface area (Å²) in [4.78, 5) is 22.8. The smallest absolute Gasteiger partial charge is 0.270 e. The van der Waals surface area contributed by atoms with Gasteiger partial charge in [0.2, 0.25) is 0 Å². The summed E-state index contributed by atoms with van der Waals surface area (Å²) in [6, 6.07) is 8.96. The lowest BCUT2D eigenvalue weighted by molar-refractivity contribution is -0.384. The molecule has 6 nitrogen and oxygen atoms in total.